The number of amidine groups is 1. The molecule has 0 radical (unpaired) electrons. The third kappa shape index (κ3) is 3.24. The maximum absolute atomic E-state index is 12.0. The van der Waals surface area contributed by atoms with Gasteiger partial charge in [0, 0.05) is 18.7 Å². The van der Waals surface area contributed by atoms with Crippen molar-refractivity contribution in [2.75, 3.05) is 13.6 Å². The van der Waals surface area contributed by atoms with Crippen LogP contribution in [0.1, 0.15) is 25.8 Å². The highest BCUT2D eigenvalue weighted by atomic mass is 32.2. The van der Waals surface area contributed by atoms with Crippen LogP contribution in [-0.4, -0.2) is 44.7 Å². The minimum Gasteiger partial charge on any atom is -0.352 e. The molecule has 0 spiro atoms. The van der Waals surface area contributed by atoms with Gasteiger partial charge in [0.15, 0.2) is 5.84 Å². The standard InChI is InChI=1S/C14H19N3O3S/c1-4-10(2)15-13(18)9-17(3)14-11-7-5-6-8-12(11)21(19,20)16-14/h5-8,10H,4,9H2,1-3H3,(H,15,18). The maximum Gasteiger partial charge on any atom is 0.285 e. The molecular formula is C14H19N3O3S. The summed E-state index contributed by atoms with van der Waals surface area (Å²) in [4.78, 5) is 13.6. The van der Waals surface area contributed by atoms with E-state index in [9.17, 15) is 13.2 Å². The first-order valence-corrected chi connectivity index (χ1v) is 8.24. The summed E-state index contributed by atoms with van der Waals surface area (Å²) in [6, 6.07) is 6.72. The normalized spacial score (nSPS) is 16.8. The number of sulfonamides is 1. The smallest absolute Gasteiger partial charge is 0.285 e. The average molecular weight is 309 g/mol. The zero-order valence-electron chi connectivity index (χ0n) is 12.3. The molecule has 7 heteroatoms. The van der Waals surface area contributed by atoms with Crippen LogP contribution in [0.3, 0.4) is 0 Å². The van der Waals surface area contributed by atoms with E-state index in [2.05, 4.69) is 9.71 Å². The number of likely N-dealkylation sites (N-methyl/N-ethyl adjacent to an activating group) is 1. The molecule has 1 heterocycles. The molecule has 1 unspecified atom stereocenters. The molecule has 2 rings (SSSR count). The van der Waals surface area contributed by atoms with Gasteiger partial charge in [0.25, 0.3) is 10.0 Å². The number of amides is 1. The van der Waals surface area contributed by atoms with Crippen molar-refractivity contribution < 1.29 is 13.2 Å². The van der Waals surface area contributed by atoms with E-state index < -0.39 is 10.0 Å². The maximum atomic E-state index is 12.0. The van der Waals surface area contributed by atoms with Gasteiger partial charge in [-0.2, -0.15) is 8.42 Å². The SMILES string of the molecule is CCC(C)NC(=O)CN(C)C1=NS(=O)(=O)c2ccccc21. The van der Waals surface area contributed by atoms with Crippen molar-refractivity contribution in [3.8, 4) is 0 Å². The minimum absolute atomic E-state index is 0.0625. The molecule has 0 saturated heterocycles. The number of carbonyl (C=O) groups is 1. The van der Waals surface area contributed by atoms with E-state index in [0.29, 0.717) is 11.4 Å². The zero-order valence-corrected chi connectivity index (χ0v) is 13.1. The molecule has 0 bridgehead atoms. The Morgan fingerprint density at radius 1 is 1.38 bits per heavy atom. The Hall–Kier alpha value is -1.89. The van der Waals surface area contributed by atoms with E-state index in [4.69, 9.17) is 0 Å². The molecule has 6 nitrogen and oxygen atoms in total. The average Bonchev–Trinajstić information content (AvgIpc) is 2.71. The summed E-state index contributed by atoms with van der Waals surface area (Å²) in [6.07, 6.45) is 0.841. The van der Waals surface area contributed by atoms with E-state index in [1.165, 1.54) is 6.07 Å². The third-order valence-electron chi connectivity index (χ3n) is 3.37. The van der Waals surface area contributed by atoms with Crippen LogP contribution in [0.4, 0.5) is 0 Å². The number of hydrogen-bond acceptors (Lipinski definition) is 4. The lowest BCUT2D eigenvalue weighted by molar-refractivity contribution is -0.121. The highest BCUT2D eigenvalue weighted by molar-refractivity contribution is 7.90. The van der Waals surface area contributed by atoms with E-state index in [1.807, 2.05) is 13.8 Å². The molecule has 1 aliphatic heterocycles. The molecule has 0 saturated carbocycles. The van der Waals surface area contributed by atoms with Crippen molar-refractivity contribution in [2.24, 2.45) is 4.40 Å². The van der Waals surface area contributed by atoms with E-state index >= 15 is 0 Å². The Morgan fingerprint density at radius 2 is 2.05 bits per heavy atom. The summed E-state index contributed by atoms with van der Waals surface area (Å²) in [7, 11) is -1.99. The van der Waals surface area contributed by atoms with Crippen LogP contribution >= 0.6 is 0 Å². The van der Waals surface area contributed by atoms with Crippen molar-refractivity contribution in [1.29, 1.82) is 0 Å². The molecule has 1 N–H and O–H groups in total. The Morgan fingerprint density at radius 3 is 2.71 bits per heavy atom. The lowest BCUT2D eigenvalue weighted by Crippen LogP contribution is -2.41. The predicted octanol–water partition coefficient (Wildman–Crippen LogP) is 0.982. The molecule has 0 aliphatic carbocycles. The molecular weight excluding hydrogens is 290 g/mol. The second kappa shape index (κ2) is 5.85. The van der Waals surface area contributed by atoms with Gasteiger partial charge in [-0.3, -0.25) is 4.79 Å². The molecule has 114 valence electrons. The fourth-order valence-electron chi connectivity index (χ4n) is 2.08. The number of nitrogens with one attached hydrogen (secondary N) is 1. The number of nitrogens with zero attached hydrogens (tertiary/aromatic N) is 2. The Balaban J connectivity index is 2.18. The van der Waals surface area contributed by atoms with Crippen LogP contribution in [0.2, 0.25) is 0 Å². The van der Waals surface area contributed by atoms with Gasteiger partial charge in [0.2, 0.25) is 5.91 Å². The fraction of sp³-hybridized carbons (Fsp3) is 0.429. The first-order chi connectivity index (χ1) is 9.85. The largest absolute Gasteiger partial charge is 0.352 e. The summed E-state index contributed by atoms with van der Waals surface area (Å²) >= 11 is 0. The summed E-state index contributed by atoms with van der Waals surface area (Å²) in [5.41, 5.74) is 0.538. The van der Waals surface area contributed by atoms with Gasteiger partial charge >= 0.3 is 0 Å². The summed E-state index contributed by atoms with van der Waals surface area (Å²) < 4.78 is 27.7. The molecule has 0 aromatic heterocycles. The first kappa shape index (κ1) is 15.5. The summed E-state index contributed by atoms with van der Waals surface area (Å²) in [6.45, 7) is 3.97. The van der Waals surface area contributed by atoms with Gasteiger partial charge in [0.05, 0.1) is 6.54 Å². The van der Waals surface area contributed by atoms with Gasteiger partial charge in [-0.25, -0.2) is 0 Å². The second-order valence-corrected chi connectivity index (χ2v) is 6.69. The molecule has 0 fully saturated rings. The molecule has 1 aliphatic rings. The van der Waals surface area contributed by atoms with Gasteiger partial charge in [-0.05, 0) is 25.5 Å². The highest BCUT2D eigenvalue weighted by Crippen LogP contribution is 2.26. The lowest BCUT2D eigenvalue weighted by atomic mass is 10.2. The lowest BCUT2D eigenvalue weighted by Gasteiger charge is -2.20. The number of hydrogen-bond donors (Lipinski definition) is 1. The van der Waals surface area contributed by atoms with Crippen molar-refractivity contribution in [3.63, 3.8) is 0 Å². The van der Waals surface area contributed by atoms with Crippen LogP contribution in [0, 0.1) is 0 Å². The Labute approximate surface area is 124 Å². The van der Waals surface area contributed by atoms with Gasteiger partial charge in [-0.1, -0.05) is 19.1 Å². The van der Waals surface area contributed by atoms with Crippen LogP contribution in [-0.2, 0) is 14.8 Å². The van der Waals surface area contributed by atoms with Gasteiger partial charge < -0.3 is 10.2 Å². The molecule has 1 amide bonds. The monoisotopic (exact) mass is 309 g/mol. The Bertz CT molecular complexity index is 682. The van der Waals surface area contributed by atoms with E-state index in [-0.39, 0.29) is 23.4 Å². The number of carbonyl (C=O) groups excluding carboxylic acids is 1. The van der Waals surface area contributed by atoms with Crippen molar-refractivity contribution in [3.05, 3.63) is 29.8 Å². The molecule has 21 heavy (non-hydrogen) atoms. The minimum atomic E-state index is -3.65. The highest BCUT2D eigenvalue weighted by Gasteiger charge is 2.30. The van der Waals surface area contributed by atoms with Crippen LogP contribution in [0.15, 0.2) is 33.6 Å². The second-order valence-electron chi connectivity index (χ2n) is 5.12. The number of benzene rings is 1. The van der Waals surface area contributed by atoms with Crippen LogP contribution in [0.25, 0.3) is 0 Å². The van der Waals surface area contributed by atoms with Gasteiger partial charge in [-0.15, -0.1) is 4.40 Å². The predicted molar refractivity (Wildman–Crippen MR) is 80.7 cm³/mol. The van der Waals surface area contributed by atoms with Crippen molar-refractivity contribution in [1.82, 2.24) is 10.2 Å². The Kier molecular flexibility index (Phi) is 4.32. The summed E-state index contributed by atoms with van der Waals surface area (Å²) in [5, 5.41) is 2.84. The first-order valence-electron chi connectivity index (χ1n) is 6.80. The molecule has 1 aromatic rings. The zero-order chi connectivity index (χ0) is 15.6. The molecule has 1 atom stereocenters. The summed E-state index contributed by atoms with van der Waals surface area (Å²) in [5.74, 6) is 0.154. The van der Waals surface area contributed by atoms with Crippen molar-refractivity contribution in [2.45, 2.75) is 31.2 Å². The fourth-order valence-corrected chi connectivity index (χ4v) is 3.33. The van der Waals surface area contributed by atoms with Crippen LogP contribution < -0.4 is 5.32 Å². The topological polar surface area (TPSA) is 78.8 Å². The van der Waals surface area contributed by atoms with Crippen molar-refractivity contribution >= 4 is 21.8 Å². The third-order valence-corrected chi connectivity index (χ3v) is 4.70. The number of rotatable bonds is 4. The van der Waals surface area contributed by atoms with Crippen LogP contribution in [0.5, 0.6) is 0 Å². The molecule has 1 aromatic carbocycles. The quantitative estimate of drug-likeness (QED) is 0.899. The van der Waals surface area contributed by atoms with Gasteiger partial charge in [0.1, 0.15) is 4.90 Å². The van der Waals surface area contributed by atoms with E-state index in [1.54, 1.807) is 30.1 Å². The number of fused-ring (bicyclic) bond motifs is 1. The van der Waals surface area contributed by atoms with E-state index in [0.717, 1.165) is 6.42 Å².